The van der Waals surface area contributed by atoms with Gasteiger partial charge in [0.2, 0.25) is 0 Å². The third-order valence-corrected chi connectivity index (χ3v) is 7.37. The molecule has 0 saturated carbocycles. The van der Waals surface area contributed by atoms with Gasteiger partial charge in [-0.05, 0) is 19.3 Å². The van der Waals surface area contributed by atoms with Gasteiger partial charge in [0.05, 0.1) is 12.9 Å². The number of nitrogens with two attached hydrogens (primary N) is 1. The summed E-state index contributed by atoms with van der Waals surface area (Å²) in [6.07, 6.45) is 4.54. The number of hydrogen-bond donors (Lipinski definition) is 2. The average Bonchev–Trinajstić information content (AvgIpc) is 3.32. The lowest BCUT2D eigenvalue weighted by molar-refractivity contribution is -0.153. The van der Waals surface area contributed by atoms with Crippen LogP contribution >= 0.6 is 7.75 Å². The molecule has 0 amide bonds. The van der Waals surface area contributed by atoms with Crippen molar-refractivity contribution in [2.24, 2.45) is 5.41 Å². The smallest absolute Gasteiger partial charge is 0.407 e. The van der Waals surface area contributed by atoms with Gasteiger partial charge < -0.3 is 15.2 Å². The quantitative estimate of drug-likeness (QED) is 0.264. The molecule has 0 bridgehead atoms. The third-order valence-electron chi connectivity index (χ3n) is 5.54. The maximum atomic E-state index is 13.8. The fourth-order valence-corrected chi connectivity index (χ4v) is 5.65. The summed E-state index contributed by atoms with van der Waals surface area (Å²) in [4.78, 5) is 24.0. The molecule has 2 aliphatic heterocycles. The van der Waals surface area contributed by atoms with Crippen LogP contribution in [-0.4, -0.2) is 55.9 Å². The molecule has 0 spiro atoms. The molecule has 0 aromatic carbocycles. The molecule has 190 valence electrons. The molecule has 4 heterocycles. The van der Waals surface area contributed by atoms with Gasteiger partial charge in [0.25, 0.3) is 0 Å². The first kappa shape index (κ1) is 25.5. The SMILES string of the molecule is C#C[C@@]12COP(=O)(NC(C)(C)C(=O)OCC(C)(C)C)O[C@H]1C[C@H](n1cnc3c(N)nc(F)nc31)O2. The van der Waals surface area contributed by atoms with E-state index in [1.165, 1.54) is 24.7 Å². The molecule has 2 saturated heterocycles. The maximum absolute atomic E-state index is 13.8. The van der Waals surface area contributed by atoms with Crippen LogP contribution in [0.15, 0.2) is 6.33 Å². The Bertz CT molecular complexity index is 1250. The van der Waals surface area contributed by atoms with Crippen LogP contribution in [-0.2, 0) is 27.9 Å². The summed E-state index contributed by atoms with van der Waals surface area (Å²) in [6.45, 7) is 8.68. The predicted molar refractivity (Wildman–Crippen MR) is 122 cm³/mol. The van der Waals surface area contributed by atoms with Crippen molar-refractivity contribution in [1.29, 1.82) is 0 Å². The van der Waals surface area contributed by atoms with Gasteiger partial charge in [-0.15, -0.1) is 6.42 Å². The number of hydrogen-bond acceptors (Lipinski definition) is 10. The Morgan fingerprint density at radius 2 is 2.14 bits per heavy atom. The molecule has 0 radical (unpaired) electrons. The second-order valence-corrected chi connectivity index (χ2v) is 12.0. The number of anilines is 1. The van der Waals surface area contributed by atoms with Crippen molar-refractivity contribution in [3.05, 3.63) is 12.4 Å². The zero-order valence-corrected chi connectivity index (χ0v) is 21.0. The predicted octanol–water partition coefficient (Wildman–Crippen LogP) is 2.32. The highest BCUT2D eigenvalue weighted by atomic mass is 31.2. The van der Waals surface area contributed by atoms with E-state index in [-0.39, 0.29) is 42.0 Å². The molecule has 3 N–H and O–H groups in total. The van der Waals surface area contributed by atoms with Gasteiger partial charge in [-0.25, -0.2) is 14.6 Å². The number of carbonyl (C=O) groups is 1. The van der Waals surface area contributed by atoms with Crippen molar-refractivity contribution in [3.8, 4) is 12.3 Å². The van der Waals surface area contributed by atoms with E-state index in [0.29, 0.717) is 0 Å². The standard InChI is InChI=1S/C21H28FN6O6P/c1-7-21-10-32-35(30,27-20(5,6)17(29)31-9-19(2,3)4)34-12(21)8-13(33-21)28-11-24-14-15(23)25-18(22)26-16(14)28/h1,11-13H,8-10H2,2-6H3,(H,27,30)(H2,23,25,26)/t12-,13+,21+,35?/m0/s1. The van der Waals surface area contributed by atoms with Crippen LogP contribution in [0.1, 0.15) is 47.3 Å². The van der Waals surface area contributed by atoms with Crippen LogP contribution < -0.4 is 10.8 Å². The molecule has 4 rings (SSSR count). The monoisotopic (exact) mass is 510 g/mol. The molecule has 1 unspecified atom stereocenters. The number of imidazole rings is 1. The van der Waals surface area contributed by atoms with Gasteiger partial charge in [0.1, 0.15) is 24.5 Å². The molecule has 4 atom stereocenters. The van der Waals surface area contributed by atoms with Crippen molar-refractivity contribution in [2.45, 2.75) is 64.5 Å². The van der Waals surface area contributed by atoms with Crippen molar-refractivity contribution >= 4 is 30.7 Å². The van der Waals surface area contributed by atoms with E-state index in [9.17, 15) is 13.8 Å². The summed E-state index contributed by atoms with van der Waals surface area (Å²) in [6, 6.07) is 0. The molecule has 2 fully saturated rings. The number of ether oxygens (including phenoxy) is 2. The Morgan fingerprint density at radius 1 is 1.43 bits per heavy atom. The summed E-state index contributed by atoms with van der Waals surface area (Å²) >= 11 is 0. The number of nitrogens with zero attached hydrogens (tertiary/aromatic N) is 4. The summed E-state index contributed by atoms with van der Waals surface area (Å²) in [7, 11) is -4.00. The van der Waals surface area contributed by atoms with E-state index in [4.69, 9.17) is 30.7 Å². The van der Waals surface area contributed by atoms with Gasteiger partial charge in [-0.1, -0.05) is 26.7 Å². The highest BCUT2D eigenvalue weighted by Gasteiger charge is 2.58. The van der Waals surface area contributed by atoms with E-state index >= 15 is 0 Å². The van der Waals surface area contributed by atoms with E-state index < -0.39 is 43.3 Å². The molecule has 14 heteroatoms. The topological polar surface area (TPSA) is 153 Å². The zero-order chi connectivity index (χ0) is 25.8. The van der Waals surface area contributed by atoms with Crippen molar-refractivity contribution in [3.63, 3.8) is 0 Å². The van der Waals surface area contributed by atoms with Crippen LogP contribution in [0.3, 0.4) is 0 Å². The lowest BCUT2D eigenvalue weighted by atomic mass is 9.98. The Morgan fingerprint density at radius 3 is 2.80 bits per heavy atom. The molecular formula is C21H28FN6O6P. The van der Waals surface area contributed by atoms with Crippen LogP contribution in [0.2, 0.25) is 0 Å². The summed E-state index contributed by atoms with van der Waals surface area (Å²) < 4.78 is 51.4. The molecule has 0 aliphatic carbocycles. The Labute approximate surface area is 201 Å². The lowest BCUT2D eigenvalue weighted by Crippen LogP contribution is -2.52. The first-order valence-corrected chi connectivity index (χ1v) is 12.4. The summed E-state index contributed by atoms with van der Waals surface area (Å²) in [5.74, 6) is 1.78. The number of terminal acetylenes is 1. The molecular weight excluding hydrogens is 482 g/mol. The van der Waals surface area contributed by atoms with Gasteiger partial charge in [0, 0.05) is 6.42 Å². The zero-order valence-electron chi connectivity index (χ0n) is 20.1. The average molecular weight is 510 g/mol. The van der Waals surface area contributed by atoms with Crippen LogP contribution in [0.5, 0.6) is 0 Å². The van der Waals surface area contributed by atoms with E-state index in [2.05, 4.69) is 26.0 Å². The van der Waals surface area contributed by atoms with E-state index in [1.807, 2.05) is 20.8 Å². The lowest BCUT2D eigenvalue weighted by Gasteiger charge is -2.39. The summed E-state index contributed by atoms with van der Waals surface area (Å²) in [5.41, 5.74) is 3.02. The number of halogens is 1. The maximum Gasteiger partial charge on any atom is 0.407 e. The highest BCUT2D eigenvalue weighted by Crippen LogP contribution is 2.57. The number of nitrogen functional groups attached to an aromatic ring is 1. The molecule has 2 aliphatic rings. The number of carbonyl (C=O) groups excluding carboxylic acids is 1. The van der Waals surface area contributed by atoms with Crippen molar-refractivity contribution in [1.82, 2.24) is 24.6 Å². The largest absolute Gasteiger partial charge is 0.464 e. The van der Waals surface area contributed by atoms with Gasteiger partial charge in [-0.2, -0.15) is 14.4 Å². The fourth-order valence-electron chi connectivity index (χ4n) is 3.74. The van der Waals surface area contributed by atoms with E-state index in [0.717, 1.165) is 0 Å². The minimum Gasteiger partial charge on any atom is -0.464 e. The fraction of sp³-hybridized carbons (Fsp3) is 0.619. The minimum atomic E-state index is -4.00. The Balaban J connectivity index is 1.53. The minimum absolute atomic E-state index is 0.107. The van der Waals surface area contributed by atoms with Crippen molar-refractivity contribution in [2.75, 3.05) is 18.9 Å². The number of fused-ring (bicyclic) bond motifs is 2. The van der Waals surface area contributed by atoms with Crippen LogP contribution in [0.25, 0.3) is 11.2 Å². The molecule has 2 aromatic heterocycles. The second kappa shape index (κ2) is 8.50. The number of aromatic nitrogens is 4. The molecule has 35 heavy (non-hydrogen) atoms. The molecule has 12 nitrogen and oxygen atoms in total. The number of esters is 1. The van der Waals surface area contributed by atoms with Crippen LogP contribution in [0.4, 0.5) is 10.2 Å². The van der Waals surface area contributed by atoms with Gasteiger partial charge in [-0.3, -0.25) is 18.4 Å². The summed E-state index contributed by atoms with van der Waals surface area (Å²) in [5, 5.41) is 2.66. The van der Waals surface area contributed by atoms with E-state index in [1.54, 1.807) is 0 Å². The third kappa shape index (κ3) is 4.90. The van der Waals surface area contributed by atoms with Crippen LogP contribution in [0, 0.1) is 23.8 Å². The molecule has 2 aromatic rings. The van der Waals surface area contributed by atoms with Gasteiger partial charge >= 0.3 is 19.8 Å². The first-order chi connectivity index (χ1) is 16.2. The normalized spacial score (nSPS) is 29.1. The van der Waals surface area contributed by atoms with Gasteiger partial charge in [0.15, 0.2) is 22.6 Å². The van der Waals surface area contributed by atoms with Crippen molar-refractivity contribution < 1.29 is 32.3 Å². The first-order valence-electron chi connectivity index (χ1n) is 10.9. The Kier molecular flexibility index (Phi) is 6.18. The number of nitrogens with one attached hydrogen (secondary N) is 1. The number of rotatable bonds is 5. The Hall–Kier alpha value is -2.62. The second-order valence-electron chi connectivity index (χ2n) is 10.3. The highest BCUT2D eigenvalue weighted by molar-refractivity contribution is 7.51.